The van der Waals surface area contributed by atoms with Gasteiger partial charge in [-0.05, 0) is 18.8 Å². The molecule has 2 amide bonds. The fourth-order valence-corrected chi connectivity index (χ4v) is 3.02. The molecule has 0 N–H and O–H groups in total. The summed E-state index contributed by atoms with van der Waals surface area (Å²) in [5.41, 5.74) is 0. The highest BCUT2D eigenvalue weighted by atomic mass is 16.5. The molecule has 1 saturated carbocycles. The molecule has 2 aliphatic rings. The SMILES string of the molecule is CC(C)Cc1nc(CN(C)C(=O)[C@@H]2CC(=O)N(C3CC3)C2)no1. The third-order valence-electron chi connectivity index (χ3n) is 4.34. The van der Waals surface area contributed by atoms with E-state index in [9.17, 15) is 9.59 Å². The molecule has 1 aromatic heterocycles. The summed E-state index contributed by atoms with van der Waals surface area (Å²) in [4.78, 5) is 32.3. The van der Waals surface area contributed by atoms with Gasteiger partial charge in [0.25, 0.3) is 0 Å². The van der Waals surface area contributed by atoms with Crippen molar-refractivity contribution >= 4 is 11.8 Å². The summed E-state index contributed by atoms with van der Waals surface area (Å²) in [6.07, 6.45) is 3.20. The van der Waals surface area contributed by atoms with Crippen molar-refractivity contribution in [1.82, 2.24) is 19.9 Å². The second kappa shape index (κ2) is 6.29. The monoisotopic (exact) mass is 320 g/mol. The van der Waals surface area contributed by atoms with Crippen molar-refractivity contribution in [1.29, 1.82) is 0 Å². The molecule has 23 heavy (non-hydrogen) atoms. The van der Waals surface area contributed by atoms with E-state index in [0.29, 0.717) is 43.2 Å². The van der Waals surface area contributed by atoms with Gasteiger partial charge in [0.15, 0.2) is 5.82 Å². The zero-order valence-electron chi connectivity index (χ0n) is 14.0. The molecule has 7 nitrogen and oxygen atoms in total. The van der Waals surface area contributed by atoms with Gasteiger partial charge in [-0.2, -0.15) is 4.98 Å². The summed E-state index contributed by atoms with van der Waals surface area (Å²) in [5.74, 6) is 1.41. The lowest BCUT2D eigenvalue weighted by Gasteiger charge is -2.20. The average molecular weight is 320 g/mol. The van der Waals surface area contributed by atoms with Crippen LogP contribution in [0.5, 0.6) is 0 Å². The van der Waals surface area contributed by atoms with Gasteiger partial charge in [-0.25, -0.2) is 0 Å². The van der Waals surface area contributed by atoms with Crippen LogP contribution < -0.4 is 0 Å². The highest BCUT2D eigenvalue weighted by Gasteiger charge is 2.42. The van der Waals surface area contributed by atoms with E-state index in [1.54, 1.807) is 11.9 Å². The standard InChI is InChI=1S/C16H24N4O3/c1-10(2)6-14-17-13(18-23-14)9-19(3)16(22)11-7-15(21)20(8-11)12-4-5-12/h10-12H,4-9H2,1-3H3/t11-/m1/s1. The van der Waals surface area contributed by atoms with Crippen LogP contribution in [-0.4, -0.2) is 51.4 Å². The van der Waals surface area contributed by atoms with Crippen molar-refractivity contribution in [2.75, 3.05) is 13.6 Å². The molecule has 1 atom stereocenters. The van der Waals surface area contributed by atoms with Gasteiger partial charge in [-0.1, -0.05) is 19.0 Å². The normalized spacial score (nSPS) is 21.3. The number of carbonyl (C=O) groups excluding carboxylic acids is 2. The Bertz CT molecular complexity index is 594. The van der Waals surface area contributed by atoms with Gasteiger partial charge in [-0.3, -0.25) is 9.59 Å². The number of hydrogen-bond acceptors (Lipinski definition) is 5. The van der Waals surface area contributed by atoms with E-state index in [-0.39, 0.29) is 17.7 Å². The topological polar surface area (TPSA) is 79.5 Å². The Kier molecular flexibility index (Phi) is 4.37. The fourth-order valence-electron chi connectivity index (χ4n) is 3.02. The van der Waals surface area contributed by atoms with Crippen LogP contribution in [-0.2, 0) is 22.6 Å². The molecular weight excluding hydrogens is 296 g/mol. The molecule has 1 aliphatic heterocycles. The largest absolute Gasteiger partial charge is 0.339 e. The maximum atomic E-state index is 12.5. The highest BCUT2D eigenvalue weighted by Crippen LogP contribution is 2.33. The fraction of sp³-hybridized carbons (Fsp3) is 0.750. The molecule has 2 heterocycles. The minimum Gasteiger partial charge on any atom is -0.339 e. The molecule has 0 radical (unpaired) electrons. The second-order valence-electron chi connectivity index (χ2n) is 7.07. The predicted molar refractivity (Wildman–Crippen MR) is 82.2 cm³/mol. The lowest BCUT2D eigenvalue weighted by atomic mass is 10.1. The number of amides is 2. The molecule has 1 aromatic rings. The van der Waals surface area contributed by atoms with Crippen molar-refractivity contribution in [2.24, 2.45) is 11.8 Å². The van der Waals surface area contributed by atoms with E-state index in [2.05, 4.69) is 24.0 Å². The molecule has 1 aliphatic carbocycles. The van der Waals surface area contributed by atoms with E-state index in [0.717, 1.165) is 19.3 Å². The Hall–Kier alpha value is -1.92. The van der Waals surface area contributed by atoms with Crippen LogP contribution in [0.25, 0.3) is 0 Å². The van der Waals surface area contributed by atoms with Crippen LogP contribution in [0.3, 0.4) is 0 Å². The number of likely N-dealkylation sites (tertiary alicyclic amines) is 1. The molecular formula is C16H24N4O3. The number of aromatic nitrogens is 2. The second-order valence-corrected chi connectivity index (χ2v) is 7.07. The smallest absolute Gasteiger partial charge is 0.228 e. The Balaban J connectivity index is 1.55. The van der Waals surface area contributed by atoms with Gasteiger partial charge in [0, 0.05) is 32.5 Å². The molecule has 0 unspecified atom stereocenters. The number of rotatable bonds is 6. The molecule has 0 aromatic carbocycles. The molecule has 0 spiro atoms. The van der Waals surface area contributed by atoms with E-state index in [1.165, 1.54) is 0 Å². The van der Waals surface area contributed by atoms with Gasteiger partial charge in [0.2, 0.25) is 17.7 Å². The number of nitrogens with zero attached hydrogens (tertiary/aromatic N) is 4. The summed E-state index contributed by atoms with van der Waals surface area (Å²) in [7, 11) is 1.73. The third-order valence-corrected chi connectivity index (χ3v) is 4.34. The molecule has 1 saturated heterocycles. The molecule has 126 valence electrons. The Morgan fingerprint density at radius 2 is 2.17 bits per heavy atom. The first-order valence-corrected chi connectivity index (χ1v) is 8.30. The summed E-state index contributed by atoms with van der Waals surface area (Å²) in [6.45, 7) is 5.04. The highest BCUT2D eigenvalue weighted by molar-refractivity contribution is 5.89. The molecule has 0 bridgehead atoms. The minimum absolute atomic E-state index is 0.0169. The number of carbonyl (C=O) groups is 2. The van der Waals surface area contributed by atoms with Crippen LogP contribution in [0.4, 0.5) is 0 Å². The van der Waals surface area contributed by atoms with Crippen LogP contribution >= 0.6 is 0 Å². The van der Waals surface area contributed by atoms with E-state index >= 15 is 0 Å². The average Bonchev–Trinajstić information content (AvgIpc) is 3.12. The van der Waals surface area contributed by atoms with Crippen molar-refractivity contribution in [3.63, 3.8) is 0 Å². The van der Waals surface area contributed by atoms with Crippen LogP contribution in [0.15, 0.2) is 4.52 Å². The Labute approximate surface area is 136 Å². The lowest BCUT2D eigenvalue weighted by Crippen LogP contribution is -2.35. The number of hydrogen-bond donors (Lipinski definition) is 0. The van der Waals surface area contributed by atoms with E-state index in [1.807, 2.05) is 4.90 Å². The van der Waals surface area contributed by atoms with Gasteiger partial charge in [0.1, 0.15) is 0 Å². The van der Waals surface area contributed by atoms with Crippen LogP contribution in [0, 0.1) is 11.8 Å². The lowest BCUT2D eigenvalue weighted by molar-refractivity contribution is -0.135. The van der Waals surface area contributed by atoms with Crippen molar-refractivity contribution < 1.29 is 14.1 Å². The molecule has 7 heteroatoms. The van der Waals surface area contributed by atoms with Crippen LogP contribution in [0.1, 0.15) is 44.8 Å². The molecule has 2 fully saturated rings. The third kappa shape index (κ3) is 3.71. The molecule has 3 rings (SSSR count). The van der Waals surface area contributed by atoms with Crippen molar-refractivity contribution in [3.05, 3.63) is 11.7 Å². The van der Waals surface area contributed by atoms with Gasteiger partial charge in [-0.15, -0.1) is 0 Å². The van der Waals surface area contributed by atoms with Gasteiger partial charge in [0.05, 0.1) is 12.5 Å². The van der Waals surface area contributed by atoms with E-state index < -0.39 is 0 Å². The van der Waals surface area contributed by atoms with Crippen molar-refractivity contribution in [3.8, 4) is 0 Å². The summed E-state index contributed by atoms with van der Waals surface area (Å²) < 4.78 is 5.19. The maximum absolute atomic E-state index is 12.5. The van der Waals surface area contributed by atoms with Gasteiger partial charge >= 0.3 is 0 Å². The Morgan fingerprint density at radius 3 is 2.83 bits per heavy atom. The predicted octanol–water partition coefficient (Wildman–Crippen LogP) is 1.24. The summed E-state index contributed by atoms with van der Waals surface area (Å²) in [5, 5.41) is 3.93. The minimum atomic E-state index is -0.241. The first-order chi connectivity index (χ1) is 10.9. The summed E-state index contributed by atoms with van der Waals surface area (Å²) >= 11 is 0. The van der Waals surface area contributed by atoms with Gasteiger partial charge < -0.3 is 14.3 Å². The maximum Gasteiger partial charge on any atom is 0.228 e. The zero-order chi connectivity index (χ0) is 16.6. The quantitative estimate of drug-likeness (QED) is 0.788. The zero-order valence-corrected chi connectivity index (χ0v) is 14.0. The van der Waals surface area contributed by atoms with Crippen LogP contribution in [0.2, 0.25) is 0 Å². The Morgan fingerprint density at radius 1 is 1.43 bits per heavy atom. The first-order valence-electron chi connectivity index (χ1n) is 8.30. The summed E-state index contributed by atoms with van der Waals surface area (Å²) in [6, 6.07) is 0.376. The van der Waals surface area contributed by atoms with Crippen molar-refractivity contribution in [2.45, 2.75) is 52.1 Å². The first kappa shape index (κ1) is 16.0. The van der Waals surface area contributed by atoms with E-state index in [4.69, 9.17) is 4.52 Å².